The van der Waals surface area contributed by atoms with Crippen LogP contribution in [0.15, 0.2) is 41.3 Å². The number of benzene rings is 2. The van der Waals surface area contributed by atoms with Crippen molar-refractivity contribution < 1.29 is 13.2 Å². The lowest BCUT2D eigenvalue weighted by molar-refractivity contribution is 0.00483. The van der Waals surface area contributed by atoms with Gasteiger partial charge in [0, 0.05) is 16.5 Å². The maximum Gasteiger partial charge on any atom is 0.241 e. The van der Waals surface area contributed by atoms with E-state index in [0.717, 1.165) is 5.39 Å². The van der Waals surface area contributed by atoms with E-state index < -0.39 is 10.0 Å². The molecule has 1 aliphatic heterocycles. The zero-order chi connectivity index (χ0) is 13.5. The summed E-state index contributed by atoms with van der Waals surface area (Å²) in [6.45, 7) is 0.846. The first-order valence-electron chi connectivity index (χ1n) is 5.95. The number of nitrogen functional groups attached to an aromatic ring is 1. The van der Waals surface area contributed by atoms with E-state index in [2.05, 4.69) is 4.72 Å². The van der Waals surface area contributed by atoms with Crippen LogP contribution in [0.2, 0.25) is 0 Å². The van der Waals surface area contributed by atoms with Gasteiger partial charge in [-0.25, -0.2) is 13.1 Å². The van der Waals surface area contributed by atoms with Gasteiger partial charge in [0.1, 0.15) is 0 Å². The standard InChI is InChI=1S/C13H14N2O3S/c14-12-5-1-4-11-10(12)3-2-6-13(11)19(16,17)15-9-7-18-8-9/h1-6,9,15H,7-8,14H2. The highest BCUT2D eigenvalue weighted by Gasteiger charge is 2.26. The van der Waals surface area contributed by atoms with Gasteiger partial charge in [-0.1, -0.05) is 24.3 Å². The lowest BCUT2D eigenvalue weighted by Crippen LogP contribution is -2.48. The maximum absolute atomic E-state index is 12.4. The lowest BCUT2D eigenvalue weighted by Gasteiger charge is -2.26. The van der Waals surface area contributed by atoms with Gasteiger partial charge in [0.05, 0.1) is 24.2 Å². The van der Waals surface area contributed by atoms with Crippen LogP contribution in [0.1, 0.15) is 0 Å². The van der Waals surface area contributed by atoms with Gasteiger partial charge in [0.15, 0.2) is 0 Å². The Hall–Kier alpha value is -1.63. The molecule has 19 heavy (non-hydrogen) atoms. The van der Waals surface area contributed by atoms with Crippen LogP contribution in [0.4, 0.5) is 5.69 Å². The number of ether oxygens (including phenoxy) is 1. The van der Waals surface area contributed by atoms with E-state index in [1.807, 2.05) is 6.07 Å². The Balaban J connectivity index is 2.11. The molecule has 1 saturated heterocycles. The van der Waals surface area contributed by atoms with Crippen LogP contribution < -0.4 is 10.5 Å². The molecule has 3 N–H and O–H groups in total. The molecule has 3 rings (SSSR count). The highest BCUT2D eigenvalue weighted by molar-refractivity contribution is 7.89. The monoisotopic (exact) mass is 278 g/mol. The fraction of sp³-hybridized carbons (Fsp3) is 0.231. The summed E-state index contributed by atoms with van der Waals surface area (Å²) in [7, 11) is -3.55. The van der Waals surface area contributed by atoms with E-state index in [0.29, 0.717) is 24.3 Å². The average molecular weight is 278 g/mol. The summed E-state index contributed by atoms with van der Waals surface area (Å²) in [5.41, 5.74) is 6.44. The minimum absolute atomic E-state index is 0.138. The van der Waals surface area contributed by atoms with Crippen molar-refractivity contribution in [2.45, 2.75) is 10.9 Å². The Labute approximate surface area is 111 Å². The number of rotatable bonds is 3. The molecular formula is C13H14N2O3S. The number of anilines is 1. The molecule has 6 heteroatoms. The topological polar surface area (TPSA) is 81.4 Å². The molecule has 0 unspecified atom stereocenters. The van der Waals surface area contributed by atoms with Gasteiger partial charge in [-0.05, 0) is 12.1 Å². The van der Waals surface area contributed by atoms with Crippen LogP contribution in [0.25, 0.3) is 10.8 Å². The Morgan fingerprint density at radius 2 is 1.79 bits per heavy atom. The second-order valence-electron chi connectivity index (χ2n) is 4.55. The zero-order valence-electron chi connectivity index (χ0n) is 10.2. The van der Waals surface area contributed by atoms with Crippen molar-refractivity contribution in [1.29, 1.82) is 0 Å². The molecule has 2 aromatic rings. The first kappa shape index (κ1) is 12.4. The largest absolute Gasteiger partial charge is 0.398 e. The first-order valence-corrected chi connectivity index (χ1v) is 7.43. The third-order valence-electron chi connectivity index (χ3n) is 3.17. The molecule has 0 amide bonds. The summed E-state index contributed by atoms with van der Waals surface area (Å²) in [6.07, 6.45) is 0. The molecule has 0 radical (unpaired) electrons. The van der Waals surface area contributed by atoms with Crippen molar-refractivity contribution in [3.8, 4) is 0 Å². The van der Waals surface area contributed by atoms with Gasteiger partial charge < -0.3 is 10.5 Å². The van der Waals surface area contributed by atoms with Gasteiger partial charge in [0.2, 0.25) is 10.0 Å². The molecule has 0 spiro atoms. The Bertz CT molecular complexity index is 724. The smallest absolute Gasteiger partial charge is 0.241 e. The average Bonchev–Trinajstić information content (AvgIpc) is 2.34. The third-order valence-corrected chi connectivity index (χ3v) is 4.74. The van der Waals surface area contributed by atoms with Crippen molar-refractivity contribution in [2.24, 2.45) is 0 Å². The Morgan fingerprint density at radius 1 is 1.11 bits per heavy atom. The molecule has 0 aromatic heterocycles. The third kappa shape index (κ3) is 2.18. The fourth-order valence-corrected chi connectivity index (χ4v) is 3.55. The lowest BCUT2D eigenvalue weighted by atomic mass is 10.1. The minimum atomic E-state index is -3.55. The van der Waals surface area contributed by atoms with Gasteiger partial charge in [-0.2, -0.15) is 0 Å². The molecule has 1 aliphatic rings. The number of nitrogens with one attached hydrogen (secondary N) is 1. The van der Waals surface area contributed by atoms with Crippen LogP contribution in [0, 0.1) is 0 Å². The van der Waals surface area contributed by atoms with Crippen LogP contribution in [-0.2, 0) is 14.8 Å². The van der Waals surface area contributed by atoms with Gasteiger partial charge in [0.25, 0.3) is 0 Å². The van der Waals surface area contributed by atoms with E-state index in [4.69, 9.17) is 10.5 Å². The molecule has 1 fully saturated rings. The molecule has 0 aliphatic carbocycles. The maximum atomic E-state index is 12.4. The van der Waals surface area contributed by atoms with E-state index in [-0.39, 0.29) is 10.9 Å². The second kappa shape index (κ2) is 4.48. The minimum Gasteiger partial charge on any atom is -0.398 e. The summed E-state index contributed by atoms with van der Waals surface area (Å²) in [5, 5.41) is 1.38. The van der Waals surface area contributed by atoms with E-state index >= 15 is 0 Å². The summed E-state index contributed by atoms with van der Waals surface area (Å²) < 4.78 is 32.3. The van der Waals surface area contributed by atoms with Gasteiger partial charge in [-0.3, -0.25) is 0 Å². The molecule has 0 saturated carbocycles. The summed E-state index contributed by atoms with van der Waals surface area (Å²) in [6, 6.07) is 10.2. The molecule has 5 nitrogen and oxygen atoms in total. The number of nitrogens with two attached hydrogens (primary N) is 1. The van der Waals surface area contributed by atoms with Crippen molar-refractivity contribution >= 4 is 26.5 Å². The summed E-state index contributed by atoms with van der Waals surface area (Å²) >= 11 is 0. The molecule has 1 heterocycles. The molecule has 0 bridgehead atoms. The SMILES string of the molecule is Nc1cccc2c(S(=O)(=O)NC3COC3)cccc12. The fourth-order valence-electron chi connectivity index (χ4n) is 2.13. The molecule has 0 atom stereocenters. The predicted molar refractivity (Wildman–Crippen MR) is 73.3 cm³/mol. The number of hydrogen-bond acceptors (Lipinski definition) is 4. The first-order chi connectivity index (χ1) is 9.08. The summed E-state index contributed by atoms with van der Waals surface area (Å²) in [4.78, 5) is 0.254. The van der Waals surface area contributed by atoms with E-state index in [1.54, 1.807) is 30.3 Å². The molecule has 2 aromatic carbocycles. The number of hydrogen-bond donors (Lipinski definition) is 2. The van der Waals surface area contributed by atoms with Crippen LogP contribution in [-0.4, -0.2) is 27.7 Å². The van der Waals surface area contributed by atoms with Crippen LogP contribution in [0.3, 0.4) is 0 Å². The van der Waals surface area contributed by atoms with Crippen molar-refractivity contribution in [3.63, 3.8) is 0 Å². The van der Waals surface area contributed by atoms with E-state index in [9.17, 15) is 8.42 Å². The quantitative estimate of drug-likeness (QED) is 0.824. The van der Waals surface area contributed by atoms with Crippen LogP contribution in [0.5, 0.6) is 0 Å². The van der Waals surface area contributed by atoms with Crippen molar-refractivity contribution in [2.75, 3.05) is 18.9 Å². The molecular weight excluding hydrogens is 264 g/mol. The number of sulfonamides is 1. The Morgan fingerprint density at radius 3 is 2.47 bits per heavy atom. The van der Waals surface area contributed by atoms with Crippen molar-refractivity contribution in [1.82, 2.24) is 4.72 Å². The van der Waals surface area contributed by atoms with Gasteiger partial charge >= 0.3 is 0 Å². The Kier molecular flexibility index (Phi) is 2.93. The highest BCUT2D eigenvalue weighted by atomic mass is 32.2. The normalized spacial score (nSPS) is 16.4. The summed E-state index contributed by atoms with van der Waals surface area (Å²) in [5.74, 6) is 0. The number of fused-ring (bicyclic) bond motifs is 1. The molecule has 100 valence electrons. The van der Waals surface area contributed by atoms with Crippen molar-refractivity contribution in [3.05, 3.63) is 36.4 Å². The van der Waals surface area contributed by atoms with Gasteiger partial charge in [-0.15, -0.1) is 0 Å². The van der Waals surface area contributed by atoms with E-state index in [1.165, 1.54) is 0 Å². The second-order valence-corrected chi connectivity index (χ2v) is 6.24. The predicted octanol–water partition coefficient (Wildman–Crippen LogP) is 1.10. The highest BCUT2D eigenvalue weighted by Crippen LogP contribution is 2.27. The zero-order valence-corrected chi connectivity index (χ0v) is 11.0. The van der Waals surface area contributed by atoms with Crippen LogP contribution >= 0.6 is 0 Å².